The Balaban J connectivity index is 1.17. The second-order valence-corrected chi connectivity index (χ2v) is 14.4. The Bertz CT molecular complexity index is 2060. The molecule has 0 saturated carbocycles. The van der Waals surface area contributed by atoms with E-state index in [0.29, 0.717) is 58.9 Å². The summed E-state index contributed by atoms with van der Waals surface area (Å²) in [5, 5.41) is 6.91. The molecule has 5 aromatic rings. The number of aromatic nitrogens is 3. The number of ether oxygens (including phenoxy) is 1. The maximum Gasteiger partial charge on any atom is 0.412 e. The molecule has 0 aliphatic carbocycles. The van der Waals surface area contributed by atoms with Crippen LogP contribution in [0.1, 0.15) is 37.6 Å². The lowest BCUT2D eigenvalue weighted by molar-refractivity contribution is 0.0635. The number of fused-ring (bicyclic) bond motifs is 1. The summed E-state index contributed by atoms with van der Waals surface area (Å²) in [4.78, 5) is 36.3. The van der Waals surface area contributed by atoms with Crippen molar-refractivity contribution in [2.24, 2.45) is 0 Å². The maximum absolute atomic E-state index is 13.6. The van der Waals surface area contributed by atoms with Crippen molar-refractivity contribution in [3.8, 4) is 11.3 Å². The number of halogens is 1. The molecule has 1 aliphatic rings. The third-order valence-electron chi connectivity index (χ3n) is 7.56. The van der Waals surface area contributed by atoms with Crippen LogP contribution in [0.2, 0.25) is 5.02 Å². The molecule has 0 radical (unpaired) electrons. The normalized spacial score (nSPS) is 15.1. The fraction of sp³-hybridized carbons (Fsp3) is 0.235. The van der Waals surface area contributed by atoms with E-state index in [0.717, 1.165) is 0 Å². The second kappa shape index (κ2) is 12.7. The highest BCUT2D eigenvalue weighted by atomic mass is 35.5. The van der Waals surface area contributed by atoms with Gasteiger partial charge in [0.2, 0.25) is 5.95 Å². The second-order valence-electron chi connectivity index (χ2n) is 12.1. The highest BCUT2D eigenvalue weighted by Crippen LogP contribution is 2.36. The number of para-hydroxylation sites is 1. The first-order valence-corrected chi connectivity index (χ1v) is 16.8. The van der Waals surface area contributed by atoms with Crippen LogP contribution < -0.4 is 10.6 Å². The van der Waals surface area contributed by atoms with Gasteiger partial charge in [-0.25, -0.2) is 27.2 Å². The number of likely N-dealkylation sites (tertiary alicyclic amines) is 1. The molecule has 2 N–H and O–H groups in total. The van der Waals surface area contributed by atoms with Crippen LogP contribution in [0.15, 0.2) is 96.2 Å². The third kappa shape index (κ3) is 6.93. The Hall–Kier alpha value is -4.94. The molecule has 6 rings (SSSR count). The number of hydrogen-bond acceptors (Lipinski definition) is 8. The standard InChI is InChI=1S/C34H33ClN6O5S/c1-34(2,3)46-33(43)38-23-15-13-22(14-16-23)31(42)40-18-17-24(20-40)37-32-36-19-28(35)30(39-32)27-21-41(29-12-8-7-11-26(27)29)47(44,45)25-9-5-4-6-10-25/h4-16,19,21,24H,17-18,20H2,1-3H3,(H,38,43)(H,36,37,39)/t24-/m1/s1. The summed E-state index contributed by atoms with van der Waals surface area (Å²) in [7, 11) is -3.89. The van der Waals surface area contributed by atoms with Gasteiger partial charge < -0.3 is 15.0 Å². The molecule has 47 heavy (non-hydrogen) atoms. The van der Waals surface area contributed by atoms with Gasteiger partial charge in [0.05, 0.1) is 27.3 Å². The first-order chi connectivity index (χ1) is 22.4. The number of carbonyl (C=O) groups is 2. The Morgan fingerprint density at radius 1 is 0.979 bits per heavy atom. The van der Waals surface area contributed by atoms with E-state index >= 15 is 0 Å². The van der Waals surface area contributed by atoms with E-state index in [1.807, 2.05) is 12.1 Å². The summed E-state index contributed by atoms with van der Waals surface area (Å²) >= 11 is 6.59. The SMILES string of the molecule is CC(C)(C)OC(=O)Nc1ccc(C(=O)N2CC[C@@H](Nc3ncc(Cl)c(-c4cn(S(=O)(=O)c5ccccc5)c5ccccc45)n3)C2)cc1. The number of anilines is 2. The highest BCUT2D eigenvalue weighted by molar-refractivity contribution is 7.90. The summed E-state index contributed by atoms with van der Waals surface area (Å²) in [6, 6.07) is 21.9. The Kier molecular flexibility index (Phi) is 8.64. The van der Waals surface area contributed by atoms with E-state index in [1.54, 1.807) is 92.4 Å². The van der Waals surface area contributed by atoms with E-state index in [2.05, 4.69) is 15.6 Å². The lowest BCUT2D eigenvalue weighted by Crippen LogP contribution is -2.32. The third-order valence-corrected chi connectivity index (χ3v) is 9.53. The number of hydrogen-bond donors (Lipinski definition) is 2. The largest absolute Gasteiger partial charge is 0.444 e. The lowest BCUT2D eigenvalue weighted by atomic mass is 10.1. The molecule has 0 spiro atoms. The average molecular weight is 673 g/mol. The van der Waals surface area contributed by atoms with Crippen molar-refractivity contribution in [3.05, 3.63) is 102 Å². The molecule has 3 aromatic carbocycles. The van der Waals surface area contributed by atoms with Crippen molar-refractivity contribution < 1.29 is 22.7 Å². The molecule has 0 unspecified atom stereocenters. The van der Waals surface area contributed by atoms with E-state index < -0.39 is 21.7 Å². The summed E-state index contributed by atoms with van der Waals surface area (Å²) in [5.74, 6) is 0.173. The molecule has 2 aromatic heterocycles. The van der Waals surface area contributed by atoms with Crippen molar-refractivity contribution in [1.29, 1.82) is 0 Å². The maximum atomic E-state index is 13.6. The minimum atomic E-state index is -3.89. The smallest absolute Gasteiger partial charge is 0.412 e. The van der Waals surface area contributed by atoms with Crippen LogP contribution in [0.5, 0.6) is 0 Å². The van der Waals surface area contributed by atoms with Crippen LogP contribution >= 0.6 is 11.6 Å². The number of benzene rings is 3. The molecule has 1 atom stereocenters. The summed E-state index contributed by atoms with van der Waals surface area (Å²) in [6.45, 7) is 6.30. The van der Waals surface area contributed by atoms with Crippen molar-refractivity contribution in [3.63, 3.8) is 0 Å². The molecule has 1 saturated heterocycles. The Labute approximate surface area is 277 Å². The highest BCUT2D eigenvalue weighted by Gasteiger charge is 2.28. The molecule has 242 valence electrons. The van der Waals surface area contributed by atoms with Crippen molar-refractivity contribution in [2.75, 3.05) is 23.7 Å². The van der Waals surface area contributed by atoms with Crippen LogP contribution in [0, 0.1) is 0 Å². The van der Waals surface area contributed by atoms with Gasteiger partial charge >= 0.3 is 6.09 Å². The molecule has 13 heteroatoms. The van der Waals surface area contributed by atoms with E-state index in [-0.39, 0.29) is 21.9 Å². The van der Waals surface area contributed by atoms with Crippen LogP contribution in [-0.2, 0) is 14.8 Å². The molecule has 1 fully saturated rings. The van der Waals surface area contributed by atoms with E-state index in [1.165, 1.54) is 16.4 Å². The van der Waals surface area contributed by atoms with Crippen molar-refractivity contribution >= 4 is 56.2 Å². The molecule has 1 aliphatic heterocycles. The number of nitrogens with zero attached hydrogens (tertiary/aromatic N) is 4. The first kappa shape index (κ1) is 32.0. The van der Waals surface area contributed by atoms with Gasteiger partial charge in [-0.05, 0) is 69.7 Å². The van der Waals surface area contributed by atoms with E-state index in [4.69, 9.17) is 21.3 Å². The van der Waals surface area contributed by atoms with Gasteiger partial charge in [0.15, 0.2) is 0 Å². The minimum Gasteiger partial charge on any atom is -0.444 e. The Morgan fingerprint density at radius 3 is 2.40 bits per heavy atom. The average Bonchev–Trinajstić information content (AvgIpc) is 3.67. The quantitative estimate of drug-likeness (QED) is 0.196. The predicted octanol–water partition coefficient (Wildman–Crippen LogP) is 6.66. The number of rotatable bonds is 7. The van der Waals surface area contributed by atoms with Crippen molar-refractivity contribution in [2.45, 2.75) is 43.7 Å². The predicted molar refractivity (Wildman–Crippen MR) is 181 cm³/mol. The van der Waals surface area contributed by atoms with Gasteiger partial charge in [0.1, 0.15) is 5.60 Å². The zero-order valence-electron chi connectivity index (χ0n) is 26.0. The molecule has 3 heterocycles. The van der Waals surface area contributed by atoms with Gasteiger partial charge in [-0.1, -0.05) is 48.0 Å². The fourth-order valence-corrected chi connectivity index (χ4v) is 7.00. The monoisotopic (exact) mass is 672 g/mol. The number of amides is 2. The van der Waals surface area contributed by atoms with Gasteiger partial charge in [-0.3, -0.25) is 10.1 Å². The zero-order valence-corrected chi connectivity index (χ0v) is 27.5. The van der Waals surface area contributed by atoms with Crippen LogP contribution in [0.3, 0.4) is 0 Å². The van der Waals surface area contributed by atoms with Gasteiger partial charge in [-0.2, -0.15) is 0 Å². The molecule has 2 amide bonds. The zero-order chi connectivity index (χ0) is 33.3. The molecular formula is C34H33ClN6O5S. The molecule has 11 nitrogen and oxygen atoms in total. The van der Waals surface area contributed by atoms with Crippen LogP contribution in [0.4, 0.5) is 16.4 Å². The molecular weight excluding hydrogens is 640 g/mol. The first-order valence-electron chi connectivity index (χ1n) is 15.0. The lowest BCUT2D eigenvalue weighted by Gasteiger charge is -2.20. The number of carbonyl (C=O) groups excluding carboxylic acids is 2. The van der Waals surface area contributed by atoms with Crippen LogP contribution in [-0.4, -0.2) is 64.0 Å². The topological polar surface area (TPSA) is 136 Å². The summed E-state index contributed by atoms with van der Waals surface area (Å²) in [6.07, 6.45) is 3.12. The fourth-order valence-electron chi connectivity index (χ4n) is 5.41. The summed E-state index contributed by atoms with van der Waals surface area (Å²) < 4.78 is 33.7. The minimum absolute atomic E-state index is 0.124. The van der Waals surface area contributed by atoms with Gasteiger partial charge in [-0.15, -0.1) is 0 Å². The number of nitrogens with one attached hydrogen (secondary N) is 2. The van der Waals surface area contributed by atoms with E-state index in [9.17, 15) is 18.0 Å². The van der Waals surface area contributed by atoms with Gasteiger partial charge in [0, 0.05) is 47.5 Å². The summed E-state index contributed by atoms with van der Waals surface area (Å²) in [5.41, 5.74) is 1.82. The van der Waals surface area contributed by atoms with Crippen molar-refractivity contribution in [1.82, 2.24) is 18.8 Å². The molecule has 0 bridgehead atoms. The van der Waals surface area contributed by atoms with Crippen LogP contribution in [0.25, 0.3) is 22.2 Å². The Morgan fingerprint density at radius 2 is 1.68 bits per heavy atom. The van der Waals surface area contributed by atoms with Gasteiger partial charge in [0.25, 0.3) is 15.9 Å².